The highest BCUT2D eigenvalue weighted by molar-refractivity contribution is 6.22. The van der Waals surface area contributed by atoms with Crippen molar-refractivity contribution in [2.45, 2.75) is 31.1 Å². The zero-order valence-corrected chi connectivity index (χ0v) is 28.3. The van der Waals surface area contributed by atoms with E-state index in [1.54, 1.807) is 36.4 Å². The van der Waals surface area contributed by atoms with Gasteiger partial charge in [0.2, 0.25) is 11.8 Å². The number of amides is 4. The molecule has 2 aliphatic carbocycles. The number of nitrogens with zero attached hydrogens (tertiary/aromatic N) is 2. The van der Waals surface area contributed by atoms with Crippen LogP contribution in [0.3, 0.4) is 0 Å². The number of hydrogen-bond acceptors (Lipinski definition) is 7. The molecule has 4 amide bonds. The first-order valence-corrected chi connectivity index (χ1v) is 17.1. The van der Waals surface area contributed by atoms with E-state index in [-0.39, 0.29) is 36.2 Å². The second-order valence-electron chi connectivity index (χ2n) is 13.8. The molecule has 4 aromatic carbocycles. The number of benzene rings is 4. The number of rotatable bonds is 7. The van der Waals surface area contributed by atoms with E-state index in [1.165, 1.54) is 12.0 Å². The number of methoxy groups -OCH3 is 1. The highest BCUT2D eigenvalue weighted by Gasteiger charge is 2.70. The van der Waals surface area contributed by atoms with Crippen LogP contribution in [0.25, 0.3) is 6.08 Å². The third-order valence-electron chi connectivity index (χ3n) is 11.3. The number of para-hydroxylation sites is 1. The number of aryl methyl sites for hydroxylation is 1. The molecule has 2 N–H and O–H groups in total. The molecule has 8 rings (SSSR count). The van der Waals surface area contributed by atoms with Crippen molar-refractivity contribution in [1.82, 2.24) is 5.01 Å². The van der Waals surface area contributed by atoms with Gasteiger partial charge in [-0.15, -0.1) is 0 Å². The van der Waals surface area contributed by atoms with Crippen molar-refractivity contribution in [3.8, 4) is 11.5 Å². The molecule has 6 atom stereocenters. The molecule has 4 aromatic rings. The van der Waals surface area contributed by atoms with Gasteiger partial charge in [-0.2, -0.15) is 5.01 Å². The third kappa shape index (κ3) is 4.67. The number of phenolic OH excluding ortho intramolecular Hbond substituents is 1. The Bertz CT molecular complexity index is 2130. The van der Waals surface area contributed by atoms with E-state index in [0.717, 1.165) is 21.7 Å². The van der Waals surface area contributed by atoms with Crippen molar-refractivity contribution < 1.29 is 29.0 Å². The second kappa shape index (κ2) is 12.1. The minimum absolute atomic E-state index is 0.148. The lowest BCUT2D eigenvalue weighted by Gasteiger charge is -2.50. The first-order chi connectivity index (χ1) is 24.7. The number of hydrazine groups is 1. The molecule has 4 aliphatic rings. The molecule has 6 unspecified atom stereocenters. The Morgan fingerprint density at radius 2 is 1.59 bits per heavy atom. The molecule has 9 heteroatoms. The van der Waals surface area contributed by atoms with E-state index in [0.29, 0.717) is 22.5 Å². The van der Waals surface area contributed by atoms with E-state index in [2.05, 4.69) is 12.0 Å². The van der Waals surface area contributed by atoms with Crippen molar-refractivity contribution >= 4 is 41.1 Å². The summed E-state index contributed by atoms with van der Waals surface area (Å²) in [7, 11) is 1.46. The summed E-state index contributed by atoms with van der Waals surface area (Å²) in [5.74, 6) is -5.22. The average Bonchev–Trinajstić information content (AvgIpc) is 3.54. The SMILES string of the molecule is C=Cc1ccc(N2C(=O)C3CC=C4C(CC5C(=O)N(Nc6ccc(C)cc6)C(=O)C5(c5ccccc5)C4c4cccc(OC)c4O)C3C2=O)cc1. The van der Waals surface area contributed by atoms with Crippen molar-refractivity contribution in [2.24, 2.45) is 23.7 Å². The van der Waals surface area contributed by atoms with Gasteiger partial charge in [-0.25, -0.2) is 0 Å². The number of fused-ring (bicyclic) bond motifs is 4. The highest BCUT2D eigenvalue weighted by Crippen LogP contribution is 2.65. The number of nitrogens with one attached hydrogen (secondary N) is 1. The molecule has 256 valence electrons. The van der Waals surface area contributed by atoms with Gasteiger partial charge in [0.05, 0.1) is 41.7 Å². The first kappa shape index (κ1) is 32.3. The minimum Gasteiger partial charge on any atom is -0.504 e. The molecule has 0 bridgehead atoms. The quantitative estimate of drug-likeness (QED) is 0.168. The fraction of sp³-hybridized carbons (Fsp3) is 0.238. The van der Waals surface area contributed by atoms with Gasteiger partial charge in [0, 0.05) is 11.5 Å². The molecule has 3 fully saturated rings. The Hall–Kier alpha value is -5.96. The fourth-order valence-corrected chi connectivity index (χ4v) is 9.04. The highest BCUT2D eigenvalue weighted by atomic mass is 16.5. The van der Waals surface area contributed by atoms with Crippen LogP contribution < -0.4 is 15.1 Å². The normalized spacial score (nSPS) is 26.7. The van der Waals surface area contributed by atoms with Crippen LogP contribution in [0.4, 0.5) is 11.4 Å². The van der Waals surface area contributed by atoms with Crippen LogP contribution in [0, 0.1) is 30.6 Å². The molecule has 2 heterocycles. The minimum atomic E-state index is -1.50. The van der Waals surface area contributed by atoms with Gasteiger partial charge in [-0.3, -0.25) is 29.5 Å². The van der Waals surface area contributed by atoms with Crippen LogP contribution in [0.2, 0.25) is 0 Å². The summed E-state index contributed by atoms with van der Waals surface area (Å²) in [5, 5.41) is 12.9. The number of phenols is 1. The Balaban J connectivity index is 1.32. The first-order valence-electron chi connectivity index (χ1n) is 17.1. The summed E-state index contributed by atoms with van der Waals surface area (Å²) in [6, 6.07) is 28.9. The lowest BCUT2D eigenvalue weighted by molar-refractivity contribution is -0.138. The molecule has 9 nitrogen and oxygen atoms in total. The standard InChI is InChI=1S/C42H37N3O6/c1-4-25-15-19-28(20-16-25)44-38(47)30-22-21-29-32(35(30)40(44)49)23-33-39(48)45(43-27-17-13-24(2)14-18-27)41(50)42(33,26-9-6-5-7-10-26)36(29)31-11-8-12-34(51-3)37(31)46/h4-21,30,32-33,35-36,43,46H,1,22-23H2,2-3H3. The molecule has 0 spiro atoms. The second-order valence-corrected chi connectivity index (χ2v) is 13.8. The van der Waals surface area contributed by atoms with Crippen LogP contribution in [0.5, 0.6) is 11.5 Å². The summed E-state index contributed by atoms with van der Waals surface area (Å²) in [4.78, 5) is 59.9. The number of imide groups is 2. The van der Waals surface area contributed by atoms with Crippen LogP contribution in [-0.4, -0.2) is 40.9 Å². The Kier molecular flexibility index (Phi) is 7.67. The summed E-state index contributed by atoms with van der Waals surface area (Å²) in [6.07, 6.45) is 4.09. The van der Waals surface area contributed by atoms with Crippen molar-refractivity contribution in [3.05, 3.63) is 138 Å². The molecule has 0 aromatic heterocycles. The number of aromatic hydroxyl groups is 1. The van der Waals surface area contributed by atoms with E-state index < -0.39 is 46.8 Å². The van der Waals surface area contributed by atoms with Crippen LogP contribution in [-0.2, 0) is 24.6 Å². The Labute approximate surface area is 295 Å². The molecular formula is C42H37N3O6. The van der Waals surface area contributed by atoms with Crippen molar-refractivity contribution in [1.29, 1.82) is 0 Å². The van der Waals surface area contributed by atoms with Gasteiger partial charge < -0.3 is 9.84 Å². The van der Waals surface area contributed by atoms with Crippen molar-refractivity contribution in [3.63, 3.8) is 0 Å². The number of anilines is 2. The van der Waals surface area contributed by atoms with Crippen LogP contribution in [0.15, 0.2) is 115 Å². The maximum Gasteiger partial charge on any atom is 0.260 e. The van der Waals surface area contributed by atoms with E-state index in [1.807, 2.05) is 79.7 Å². The predicted octanol–water partition coefficient (Wildman–Crippen LogP) is 6.54. The average molecular weight is 680 g/mol. The fourth-order valence-electron chi connectivity index (χ4n) is 9.04. The topological polar surface area (TPSA) is 116 Å². The van der Waals surface area contributed by atoms with Gasteiger partial charge in [0.25, 0.3) is 11.8 Å². The molecular weight excluding hydrogens is 642 g/mol. The molecule has 2 aliphatic heterocycles. The monoisotopic (exact) mass is 679 g/mol. The third-order valence-corrected chi connectivity index (χ3v) is 11.3. The predicted molar refractivity (Wildman–Crippen MR) is 192 cm³/mol. The number of allylic oxidation sites excluding steroid dienone is 2. The van der Waals surface area contributed by atoms with Gasteiger partial charge in [0.1, 0.15) is 0 Å². The molecule has 0 radical (unpaired) electrons. The smallest absolute Gasteiger partial charge is 0.260 e. The van der Waals surface area contributed by atoms with E-state index in [9.17, 15) is 19.5 Å². The van der Waals surface area contributed by atoms with E-state index >= 15 is 4.79 Å². The Morgan fingerprint density at radius 1 is 0.863 bits per heavy atom. The number of ether oxygens (including phenoxy) is 1. The maximum absolute atomic E-state index is 15.3. The Morgan fingerprint density at radius 3 is 2.27 bits per heavy atom. The summed E-state index contributed by atoms with van der Waals surface area (Å²) < 4.78 is 5.54. The van der Waals surface area contributed by atoms with Crippen LogP contribution >= 0.6 is 0 Å². The lowest BCUT2D eigenvalue weighted by atomic mass is 9.49. The lowest BCUT2D eigenvalue weighted by Crippen LogP contribution is -2.53. The number of carbonyl (C=O) groups excluding carboxylic acids is 4. The zero-order chi connectivity index (χ0) is 35.6. The van der Waals surface area contributed by atoms with Gasteiger partial charge in [-0.05, 0) is 67.1 Å². The summed E-state index contributed by atoms with van der Waals surface area (Å²) >= 11 is 0. The number of hydrogen-bond donors (Lipinski definition) is 2. The summed E-state index contributed by atoms with van der Waals surface area (Å²) in [6.45, 7) is 5.75. The van der Waals surface area contributed by atoms with Crippen molar-refractivity contribution in [2.75, 3.05) is 17.4 Å². The van der Waals surface area contributed by atoms with Gasteiger partial charge in [0.15, 0.2) is 11.5 Å². The zero-order valence-electron chi connectivity index (χ0n) is 28.3. The maximum atomic E-state index is 15.3. The number of carbonyl (C=O) groups is 4. The molecule has 1 saturated carbocycles. The van der Waals surface area contributed by atoms with Gasteiger partial charge >= 0.3 is 0 Å². The van der Waals surface area contributed by atoms with Gasteiger partial charge in [-0.1, -0.05) is 96.6 Å². The largest absolute Gasteiger partial charge is 0.504 e. The van der Waals surface area contributed by atoms with E-state index in [4.69, 9.17) is 4.74 Å². The molecule has 2 saturated heterocycles. The summed E-state index contributed by atoms with van der Waals surface area (Å²) in [5.41, 5.74) is 6.30. The molecule has 51 heavy (non-hydrogen) atoms. The van der Waals surface area contributed by atoms with Crippen LogP contribution in [0.1, 0.15) is 41.0 Å².